The van der Waals surface area contributed by atoms with Gasteiger partial charge in [-0.25, -0.2) is 4.39 Å². The molecule has 0 spiro atoms. The minimum atomic E-state index is -0.426. The fourth-order valence-corrected chi connectivity index (χ4v) is 1.94. The van der Waals surface area contributed by atoms with Crippen molar-refractivity contribution >= 4 is 28.9 Å². The molecular weight excluding hydrogens is 286 g/mol. The van der Waals surface area contributed by atoms with Crippen LogP contribution in [0.25, 0.3) is 0 Å². The van der Waals surface area contributed by atoms with Gasteiger partial charge in [0.1, 0.15) is 5.82 Å². The van der Waals surface area contributed by atoms with Crippen molar-refractivity contribution in [2.24, 2.45) is 0 Å². The Hall–Kier alpha value is -1.76. The van der Waals surface area contributed by atoms with Gasteiger partial charge in [-0.1, -0.05) is 29.3 Å². The van der Waals surface area contributed by atoms with Crippen LogP contribution in [0.5, 0.6) is 0 Å². The van der Waals surface area contributed by atoms with Gasteiger partial charge in [0, 0.05) is 17.1 Å². The summed E-state index contributed by atoms with van der Waals surface area (Å²) >= 11 is 11.9. The number of nitrogens with zero attached hydrogens (tertiary/aromatic N) is 1. The van der Waals surface area contributed by atoms with E-state index in [1.165, 1.54) is 6.07 Å². The van der Waals surface area contributed by atoms with E-state index < -0.39 is 5.82 Å². The van der Waals surface area contributed by atoms with Crippen molar-refractivity contribution in [2.45, 2.75) is 6.54 Å². The Morgan fingerprint density at radius 2 is 1.95 bits per heavy atom. The molecule has 2 rings (SSSR count). The van der Waals surface area contributed by atoms with E-state index in [1.54, 1.807) is 30.3 Å². The molecule has 5 heteroatoms. The van der Waals surface area contributed by atoms with E-state index in [0.717, 1.165) is 0 Å². The highest BCUT2D eigenvalue weighted by Crippen LogP contribution is 2.26. The van der Waals surface area contributed by atoms with Gasteiger partial charge in [0.05, 0.1) is 22.3 Å². The lowest BCUT2D eigenvalue weighted by Crippen LogP contribution is -2.02. The lowest BCUT2D eigenvalue weighted by atomic mass is 10.1. The van der Waals surface area contributed by atoms with Gasteiger partial charge in [0.2, 0.25) is 0 Å². The number of hydrogen-bond donors (Lipinski definition) is 1. The number of rotatable bonds is 3. The van der Waals surface area contributed by atoms with E-state index in [0.29, 0.717) is 26.9 Å². The highest BCUT2D eigenvalue weighted by Gasteiger charge is 2.05. The molecule has 0 aliphatic rings. The first-order valence-corrected chi connectivity index (χ1v) is 6.23. The van der Waals surface area contributed by atoms with Gasteiger partial charge in [0.15, 0.2) is 0 Å². The van der Waals surface area contributed by atoms with Crippen LogP contribution < -0.4 is 5.32 Å². The second-order valence-corrected chi connectivity index (χ2v) is 4.74. The third-order valence-electron chi connectivity index (χ3n) is 2.58. The van der Waals surface area contributed by atoms with Gasteiger partial charge in [-0.2, -0.15) is 5.26 Å². The normalized spacial score (nSPS) is 10.0. The van der Waals surface area contributed by atoms with E-state index in [-0.39, 0.29) is 6.54 Å². The topological polar surface area (TPSA) is 35.8 Å². The van der Waals surface area contributed by atoms with Gasteiger partial charge < -0.3 is 5.32 Å². The van der Waals surface area contributed by atoms with Gasteiger partial charge in [-0.15, -0.1) is 0 Å². The smallest absolute Gasteiger partial charge is 0.129 e. The molecule has 0 aliphatic carbocycles. The maximum absolute atomic E-state index is 13.7. The molecule has 1 N–H and O–H groups in total. The van der Waals surface area contributed by atoms with Crippen LogP contribution in [-0.2, 0) is 6.54 Å². The minimum Gasteiger partial charge on any atom is -0.380 e. The summed E-state index contributed by atoms with van der Waals surface area (Å²) < 4.78 is 13.7. The molecule has 0 saturated heterocycles. The number of benzene rings is 2. The summed E-state index contributed by atoms with van der Waals surface area (Å²) in [4.78, 5) is 0. The Bertz CT molecular complexity index is 650. The van der Waals surface area contributed by atoms with Crippen LogP contribution >= 0.6 is 23.2 Å². The molecule has 0 saturated carbocycles. The van der Waals surface area contributed by atoms with Crippen molar-refractivity contribution in [2.75, 3.05) is 5.32 Å². The molecule has 0 heterocycles. The monoisotopic (exact) mass is 294 g/mol. The Morgan fingerprint density at radius 3 is 2.63 bits per heavy atom. The van der Waals surface area contributed by atoms with E-state index >= 15 is 0 Å². The maximum Gasteiger partial charge on any atom is 0.129 e. The highest BCUT2D eigenvalue weighted by molar-refractivity contribution is 6.35. The lowest BCUT2D eigenvalue weighted by Gasteiger charge is -2.09. The Morgan fingerprint density at radius 1 is 1.16 bits per heavy atom. The summed E-state index contributed by atoms with van der Waals surface area (Å²) in [5, 5.41) is 12.7. The lowest BCUT2D eigenvalue weighted by molar-refractivity contribution is 0.612. The first-order chi connectivity index (χ1) is 9.10. The van der Waals surface area contributed by atoms with Gasteiger partial charge >= 0.3 is 0 Å². The predicted molar refractivity (Wildman–Crippen MR) is 74.9 cm³/mol. The van der Waals surface area contributed by atoms with Crippen LogP contribution in [-0.4, -0.2) is 0 Å². The number of nitrogens with one attached hydrogen (secondary N) is 1. The molecule has 19 heavy (non-hydrogen) atoms. The average Bonchev–Trinajstić information content (AvgIpc) is 2.40. The fraction of sp³-hybridized carbons (Fsp3) is 0.0714. The number of anilines is 1. The molecule has 2 aromatic rings. The molecule has 0 atom stereocenters. The van der Waals surface area contributed by atoms with E-state index in [1.807, 2.05) is 6.07 Å². The third-order valence-corrected chi connectivity index (χ3v) is 3.14. The summed E-state index contributed by atoms with van der Waals surface area (Å²) in [7, 11) is 0. The van der Waals surface area contributed by atoms with E-state index in [4.69, 9.17) is 28.5 Å². The first-order valence-electron chi connectivity index (χ1n) is 5.47. The van der Waals surface area contributed by atoms with Crippen molar-refractivity contribution < 1.29 is 4.39 Å². The number of nitriles is 1. The van der Waals surface area contributed by atoms with Crippen LogP contribution in [0.15, 0.2) is 36.4 Å². The van der Waals surface area contributed by atoms with Crippen molar-refractivity contribution in [3.63, 3.8) is 0 Å². The Balaban J connectivity index is 2.15. The van der Waals surface area contributed by atoms with E-state index in [9.17, 15) is 4.39 Å². The van der Waals surface area contributed by atoms with Crippen LogP contribution in [0.2, 0.25) is 10.0 Å². The maximum atomic E-state index is 13.7. The predicted octanol–water partition coefficient (Wildman–Crippen LogP) is 4.62. The molecule has 0 aromatic heterocycles. The molecule has 0 fully saturated rings. The number of halogens is 3. The summed E-state index contributed by atoms with van der Waals surface area (Å²) in [5.74, 6) is -0.426. The zero-order valence-corrected chi connectivity index (χ0v) is 11.3. The quantitative estimate of drug-likeness (QED) is 0.897. The van der Waals surface area contributed by atoms with Crippen molar-refractivity contribution in [1.29, 1.82) is 5.26 Å². The molecule has 0 bridgehead atoms. The highest BCUT2D eigenvalue weighted by atomic mass is 35.5. The van der Waals surface area contributed by atoms with Crippen molar-refractivity contribution in [1.82, 2.24) is 0 Å². The second kappa shape index (κ2) is 5.92. The summed E-state index contributed by atoms with van der Waals surface area (Å²) in [6, 6.07) is 11.2. The number of hydrogen-bond acceptors (Lipinski definition) is 2. The van der Waals surface area contributed by atoms with Gasteiger partial charge in [-0.05, 0) is 30.3 Å². The van der Waals surface area contributed by atoms with E-state index in [2.05, 4.69) is 5.32 Å². The Kier molecular flexibility index (Phi) is 4.26. The third kappa shape index (κ3) is 3.37. The van der Waals surface area contributed by atoms with Crippen LogP contribution in [0, 0.1) is 17.1 Å². The first kappa shape index (κ1) is 13.7. The zero-order valence-electron chi connectivity index (χ0n) is 9.75. The second-order valence-electron chi connectivity index (χ2n) is 3.90. The largest absolute Gasteiger partial charge is 0.380 e. The summed E-state index contributed by atoms with van der Waals surface area (Å²) in [5.41, 5.74) is 1.38. The Labute approximate surface area is 120 Å². The van der Waals surface area contributed by atoms with Gasteiger partial charge in [-0.3, -0.25) is 0 Å². The fourth-order valence-electron chi connectivity index (χ4n) is 1.58. The molecule has 0 unspecified atom stereocenters. The molecule has 0 radical (unpaired) electrons. The van der Waals surface area contributed by atoms with Gasteiger partial charge in [0.25, 0.3) is 0 Å². The molecule has 0 amide bonds. The van der Waals surface area contributed by atoms with Crippen molar-refractivity contribution in [3.8, 4) is 6.07 Å². The molecular formula is C14H9Cl2FN2. The standard InChI is InChI=1S/C14H9Cl2FN2/c15-11-3-4-12(16)14(6-11)19-8-10-2-1-9(7-18)5-13(10)17/h1-6,19H,8H2. The van der Waals surface area contributed by atoms with Crippen molar-refractivity contribution in [3.05, 3.63) is 63.4 Å². The minimum absolute atomic E-state index is 0.262. The zero-order chi connectivity index (χ0) is 13.8. The summed E-state index contributed by atoms with van der Waals surface area (Å²) in [6.07, 6.45) is 0. The molecule has 0 aliphatic heterocycles. The molecule has 2 nitrogen and oxygen atoms in total. The van der Waals surface area contributed by atoms with Crippen LogP contribution in [0.1, 0.15) is 11.1 Å². The molecule has 96 valence electrons. The summed E-state index contributed by atoms with van der Waals surface area (Å²) in [6.45, 7) is 0.262. The SMILES string of the molecule is N#Cc1ccc(CNc2cc(Cl)ccc2Cl)c(F)c1. The van der Waals surface area contributed by atoms with Crippen LogP contribution in [0.3, 0.4) is 0 Å². The molecule has 2 aromatic carbocycles. The average molecular weight is 295 g/mol. The van der Waals surface area contributed by atoms with Crippen LogP contribution in [0.4, 0.5) is 10.1 Å².